The first-order valence-electron chi connectivity index (χ1n) is 6.32. The summed E-state index contributed by atoms with van der Waals surface area (Å²) in [6, 6.07) is 8.52. The second kappa shape index (κ2) is 5.68. The molecule has 1 heterocycles. The van der Waals surface area contributed by atoms with Crippen LogP contribution in [0.4, 0.5) is 5.69 Å². The number of benzene rings is 1. The molecule has 100 valence electrons. The van der Waals surface area contributed by atoms with Crippen molar-refractivity contribution in [2.45, 2.75) is 25.2 Å². The molecule has 2 nitrogen and oxygen atoms in total. The Kier molecular flexibility index (Phi) is 4.41. The zero-order chi connectivity index (χ0) is 13.2. The molecule has 0 aliphatic carbocycles. The molecule has 0 amide bonds. The van der Waals surface area contributed by atoms with E-state index in [1.54, 1.807) is 11.9 Å². The minimum Gasteiger partial charge on any atom is -0.258 e. The molecule has 1 aliphatic rings. The maximum absolute atomic E-state index is 4.78. The number of rotatable bonds is 4. The zero-order valence-electron chi connectivity index (χ0n) is 11.6. The minimum absolute atomic E-state index is 0.751. The lowest BCUT2D eigenvalue weighted by atomic mass is 10.1. The largest absolute Gasteiger partial charge is 0.258 e. The molecular formula is C14H22N2S2. The highest BCUT2D eigenvalue weighted by Gasteiger charge is 2.30. The maximum Gasteiger partial charge on any atom is 0.132 e. The molecule has 1 N–H and O–H groups in total. The molecule has 1 aromatic carbocycles. The van der Waals surface area contributed by atoms with Crippen molar-refractivity contribution in [1.29, 1.82) is 0 Å². The SMILES string of the molecule is CC(C)CCNSC1=Nc2ccccc2S1(C)C. The van der Waals surface area contributed by atoms with Gasteiger partial charge in [0.15, 0.2) is 0 Å². The second-order valence-corrected chi connectivity index (χ2v) is 9.97. The van der Waals surface area contributed by atoms with Crippen molar-refractivity contribution in [3.05, 3.63) is 24.3 Å². The van der Waals surface area contributed by atoms with Crippen LogP contribution in [-0.4, -0.2) is 23.4 Å². The second-order valence-electron chi connectivity index (χ2n) is 5.35. The topological polar surface area (TPSA) is 24.4 Å². The van der Waals surface area contributed by atoms with Crippen LogP contribution in [0.3, 0.4) is 0 Å². The van der Waals surface area contributed by atoms with Gasteiger partial charge in [0.1, 0.15) is 4.38 Å². The molecule has 1 aliphatic heterocycles. The highest BCUT2D eigenvalue weighted by Crippen LogP contribution is 2.61. The Labute approximate surface area is 116 Å². The van der Waals surface area contributed by atoms with Gasteiger partial charge in [-0.3, -0.25) is 4.72 Å². The molecule has 4 heteroatoms. The van der Waals surface area contributed by atoms with Crippen molar-refractivity contribution in [3.63, 3.8) is 0 Å². The van der Waals surface area contributed by atoms with E-state index in [0.717, 1.165) is 18.2 Å². The highest BCUT2D eigenvalue weighted by atomic mass is 32.3. The van der Waals surface area contributed by atoms with E-state index in [1.165, 1.54) is 15.7 Å². The van der Waals surface area contributed by atoms with Crippen molar-refractivity contribution >= 4 is 32.0 Å². The maximum atomic E-state index is 4.78. The van der Waals surface area contributed by atoms with Crippen LogP contribution >= 0.6 is 22.0 Å². The van der Waals surface area contributed by atoms with Gasteiger partial charge in [-0.2, -0.15) is 10.0 Å². The summed E-state index contributed by atoms with van der Waals surface area (Å²) < 4.78 is 4.71. The lowest BCUT2D eigenvalue weighted by Gasteiger charge is -2.27. The summed E-state index contributed by atoms with van der Waals surface area (Å²) in [5.74, 6) is 0.751. The lowest BCUT2D eigenvalue weighted by molar-refractivity contribution is 0.585. The number of hydrogen-bond acceptors (Lipinski definition) is 3. The van der Waals surface area contributed by atoms with E-state index in [1.807, 2.05) is 0 Å². The van der Waals surface area contributed by atoms with Crippen LogP contribution in [0.25, 0.3) is 0 Å². The molecule has 0 saturated heterocycles. The smallest absolute Gasteiger partial charge is 0.132 e. The van der Waals surface area contributed by atoms with Crippen LogP contribution in [0, 0.1) is 5.92 Å². The Morgan fingerprint density at radius 2 is 2.00 bits per heavy atom. The predicted molar refractivity (Wildman–Crippen MR) is 86.3 cm³/mol. The average Bonchev–Trinajstić information content (AvgIpc) is 2.57. The van der Waals surface area contributed by atoms with Crippen LogP contribution in [-0.2, 0) is 0 Å². The Hall–Kier alpha value is -0.450. The Morgan fingerprint density at radius 1 is 1.28 bits per heavy atom. The van der Waals surface area contributed by atoms with E-state index in [2.05, 4.69) is 55.3 Å². The molecule has 0 saturated carbocycles. The van der Waals surface area contributed by atoms with Gasteiger partial charge < -0.3 is 0 Å². The standard InChI is InChI=1S/C14H22N2S2/c1-11(2)9-10-15-17-14-16-12-7-5-6-8-13(12)18(14,3)4/h5-8,11,15H,9-10H2,1-4H3. The number of nitrogens with zero attached hydrogens (tertiary/aromatic N) is 1. The van der Waals surface area contributed by atoms with Crippen LogP contribution < -0.4 is 4.72 Å². The average molecular weight is 282 g/mol. The lowest BCUT2D eigenvalue weighted by Crippen LogP contribution is -2.13. The van der Waals surface area contributed by atoms with Crippen LogP contribution in [0.5, 0.6) is 0 Å². The van der Waals surface area contributed by atoms with Crippen molar-refractivity contribution < 1.29 is 0 Å². The highest BCUT2D eigenvalue weighted by molar-refractivity contribution is 8.57. The first kappa shape index (κ1) is 14.0. The molecule has 0 atom stereocenters. The third-order valence-corrected chi connectivity index (χ3v) is 7.57. The zero-order valence-corrected chi connectivity index (χ0v) is 13.2. The van der Waals surface area contributed by atoms with Gasteiger partial charge in [0.25, 0.3) is 0 Å². The normalized spacial score (nSPS) is 18.6. The van der Waals surface area contributed by atoms with E-state index in [-0.39, 0.29) is 0 Å². The fourth-order valence-corrected chi connectivity index (χ4v) is 5.21. The van der Waals surface area contributed by atoms with Crippen molar-refractivity contribution in [2.75, 3.05) is 19.1 Å². The molecule has 0 aromatic heterocycles. The number of para-hydroxylation sites is 1. The fourth-order valence-electron chi connectivity index (χ4n) is 1.87. The van der Waals surface area contributed by atoms with E-state index in [0.29, 0.717) is 0 Å². The molecular weight excluding hydrogens is 260 g/mol. The van der Waals surface area contributed by atoms with Crippen LogP contribution in [0.1, 0.15) is 20.3 Å². The van der Waals surface area contributed by atoms with Crippen LogP contribution in [0.2, 0.25) is 0 Å². The van der Waals surface area contributed by atoms with Gasteiger partial charge in [-0.1, -0.05) is 26.0 Å². The Morgan fingerprint density at radius 3 is 2.67 bits per heavy atom. The first-order valence-corrected chi connectivity index (χ1v) is 9.59. The Balaban J connectivity index is 1.99. The number of nitrogens with one attached hydrogen (secondary N) is 1. The molecule has 18 heavy (non-hydrogen) atoms. The quantitative estimate of drug-likeness (QED) is 0.503. The number of hydrogen-bond donors (Lipinski definition) is 1. The third kappa shape index (κ3) is 2.92. The summed E-state index contributed by atoms with van der Waals surface area (Å²) in [5, 5.41) is 0. The summed E-state index contributed by atoms with van der Waals surface area (Å²) in [4.78, 5) is 6.19. The molecule has 0 fully saturated rings. The number of fused-ring (bicyclic) bond motifs is 1. The molecule has 2 rings (SSSR count). The molecule has 1 aromatic rings. The summed E-state index contributed by atoms with van der Waals surface area (Å²) in [7, 11) is -0.897. The monoisotopic (exact) mass is 282 g/mol. The summed E-state index contributed by atoms with van der Waals surface area (Å²) in [6.45, 7) is 5.56. The van der Waals surface area contributed by atoms with Gasteiger partial charge in [0.05, 0.1) is 5.69 Å². The van der Waals surface area contributed by atoms with Gasteiger partial charge in [-0.25, -0.2) is 4.99 Å². The van der Waals surface area contributed by atoms with E-state index < -0.39 is 10.0 Å². The molecule has 0 radical (unpaired) electrons. The van der Waals surface area contributed by atoms with Gasteiger partial charge in [-0.05, 0) is 48.9 Å². The summed E-state index contributed by atoms with van der Waals surface area (Å²) in [5.41, 5.74) is 1.16. The summed E-state index contributed by atoms with van der Waals surface area (Å²) in [6.07, 6.45) is 5.87. The van der Waals surface area contributed by atoms with E-state index in [9.17, 15) is 0 Å². The van der Waals surface area contributed by atoms with E-state index >= 15 is 0 Å². The molecule has 0 unspecified atom stereocenters. The van der Waals surface area contributed by atoms with Crippen LogP contribution in [0.15, 0.2) is 34.2 Å². The van der Waals surface area contributed by atoms with Crippen molar-refractivity contribution in [1.82, 2.24) is 4.72 Å². The van der Waals surface area contributed by atoms with Gasteiger partial charge >= 0.3 is 0 Å². The molecule has 0 spiro atoms. The predicted octanol–water partition coefficient (Wildman–Crippen LogP) is 4.39. The minimum atomic E-state index is -0.897. The Bertz CT molecular complexity index is 453. The van der Waals surface area contributed by atoms with Gasteiger partial charge in [0.2, 0.25) is 0 Å². The van der Waals surface area contributed by atoms with Crippen molar-refractivity contribution in [2.24, 2.45) is 10.9 Å². The summed E-state index contributed by atoms with van der Waals surface area (Å²) >= 11 is 1.73. The van der Waals surface area contributed by atoms with Gasteiger partial charge in [-0.15, -0.1) is 0 Å². The fraction of sp³-hybridized carbons (Fsp3) is 0.500. The molecule has 0 bridgehead atoms. The van der Waals surface area contributed by atoms with Gasteiger partial charge in [0, 0.05) is 11.4 Å². The first-order chi connectivity index (χ1) is 8.51. The third-order valence-electron chi connectivity index (χ3n) is 3.05. The van der Waals surface area contributed by atoms with Crippen molar-refractivity contribution in [3.8, 4) is 0 Å². The number of aliphatic imine (C=N–C) groups is 1. The van der Waals surface area contributed by atoms with E-state index in [4.69, 9.17) is 4.99 Å².